The molecule has 0 atom stereocenters. The molecular formula is C10H20O4. The molecule has 0 aromatic rings. The molecule has 0 saturated heterocycles. The van der Waals surface area contributed by atoms with Crippen LogP contribution < -0.4 is 0 Å². The highest BCUT2D eigenvalue weighted by Gasteiger charge is 2.01. The van der Waals surface area contributed by atoms with Gasteiger partial charge in [-0.2, -0.15) is 0 Å². The Hall–Kier alpha value is -0.610. The lowest BCUT2D eigenvalue weighted by Gasteiger charge is -2.02. The lowest BCUT2D eigenvalue weighted by molar-refractivity contribution is -0.144. The van der Waals surface area contributed by atoms with E-state index in [1.807, 2.05) is 0 Å². The monoisotopic (exact) mass is 204 g/mol. The molecule has 4 nitrogen and oxygen atoms in total. The molecule has 0 aliphatic carbocycles. The summed E-state index contributed by atoms with van der Waals surface area (Å²) in [5.74, 6) is -0.235. The minimum atomic E-state index is -0.235. The van der Waals surface area contributed by atoms with Crippen molar-refractivity contribution in [2.45, 2.75) is 38.5 Å². The number of aliphatic hydroxyl groups is 2. The summed E-state index contributed by atoms with van der Waals surface area (Å²) >= 11 is 0. The number of hydrogen-bond acceptors (Lipinski definition) is 4. The van der Waals surface area contributed by atoms with E-state index in [2.05, 4.69) is 4.74 Å². The van der Waals surface area contributed by atoms with Crippen LogP contribution in [0.25, 0.3) is 0 Å². The van der Waals surface area contributed by atoms with Crippen LogP contribution in [0.5, 0.6) is 0 Å². The Morgan fingerprint density at radius 1 is 0.929 bits per heavy atom. The maximum Gasteiger partial charge on any atom is 0.305 e. The van der Waals surface area contributed by atoms with Gasteiger partial charge in [-0.15, -0.1) is 0 Å². The van der Waals surface area contributed by atoms with Gasteiger partial charge in [0.15, 0.2) is 0 Å². The van der Waals surface area contributed by atoms with E-state index in [9.17, 15) is 4.79 Å². The second kappa shape index (κ2) is 10.5. The van der Waals surface area contributed by atoms with Gasteiger partial charge in [0, 0.05) is 13.0 Å². The summed E-state index contributed by atoms with van der Waals surface area (Å²) in [6.45, 7) is 0.240. The van der Waals surface area contributed by atoms with Gasteiger partial charge >= 0.3 is 5.97 Å². The molecule has 0 spiro atoms. The quantitative estimate of drug-likeness (QED) is 0.431. The van der Waals surface area contributed by atoms with Crippen molar-refractivity contribution in [2.75, 3.05) is 19.8 Å². The Morgan fingerprint density at radius 3 is 2.21 bits per heavy atom. The molecule has 2 N–H and O–H groups in total. The zero-order chi connectivity index (χ0) is 10.6. The van der Waals surface area contributed by atoms with E-state index < -0.39 is 0 Å². The topological polar surface area (TPSA) is 66.8 Å². The molecule has 14 heavy (non-hydrogen) atoms. The average molecular weight is 204 g/mol. The zero-order valence-corrected chi connectivity index (χ0v) is 8.57. The lowest BCUT2D eigenvalue weighted by Crippen LogP contribution is -2.07. The molecule has 0 fully saturated rings. The number of carbonyl (C=O) groups excluding carboxylic acids is 1. The number of ether oxygens (including phenoxy) is 1. The van der Waals surface area contributed by atoms with Crippen molar-refractivity contribution in [1.82, 2.24) is 0 Å². The van der Waals surface area contributed by atoms with E-state index >= 15 is 0 Å². The first kappa shape index (κ1) is 13.4. The summed E-state index contributed by atoms with van der Waals surface area (Å²) in [6, 6.07) is 0. The summed E-state index contributed by atoms with van der Waals surface area (Å²) in [5.41, 5.74) is 0. The van der Waals surface area contributed by atoms with Gasteiger partial charge in [0.2, 0.25) is 0 Å². The van der Waals surface area contributed by atoms with Crippen molar-refractivity contribution in [2.24, 2.45) is 0 Å². The molecule has 0 bridgehead atoms. The van der Waals surface area contributed by atoms with Crippen LogP contribution in [-0.2, 0) is 9.53 Å². The van der Waals surface area contributed by atoms with E-state index in [1.165, 1.54) is 0 Å². The number of aliphatic hydroxyl groups excluding tert-OH is 2. The molecule has 0 aromatic heterocycles. The van der Waals surface area contributed by atoms with Crippen LogP contribution in [0.4, 0.5) is 0 Å². The lowest BCUT2D eigenvalue weighted by atomic mass is 10.1. The maximum atomic E-state index is 10.9. The molecular weight excluding hydrogens is 184 g/mol. The predicted octanol–water partition coefficient (Wildman–Crippen LogP) is 0.855. The third kappa shape index (κ3) is 9.48. The summed E-state index contributed by atoms with van der Waals surface area (Å²) in [4.78, 5) is 10.9. The van der Waals surface area contributed by atoms with Crippen molar-refractivity contribution >= 4 is 5.97 Å². The molecule has 0 radical (unpaired) electrons. The van der Waals surface area contributed by atoms with Crippen molar-refractivity contribution < 1.29 is 19.7 Å². The molecule has 0 aliphatic heterocycles. The minimum Gasteiger partial charge on any atom is -0.463 e. The second-order valence-electron chi connectivity index (χ2n) is 3.19. The summed E-state index contributed by atoms with van der Waals surface area (Å²) < 4.78 is 4.69. The van der Waals surface area contributed by atoms with Crippen LogP contribution in [0.2, 0.25) is 0 Å². The zero-order valence-electron chi connectivity index (χ0n) is 8.57. The number of unbranched alkanes of at least 4 members (excludes halogenated alkanes) is 4. The van der Waals surface area contributed by atoms with E-state index in [4.69, 9.17) is 10.2 Å². The van der Waals surface area contributed by atoms with Crippen molar-refractivity contribution in [3.8, 4) is 0 Å². The maximum absolute atomic E-state index is 10.9. The van der Waals surface area contributed by atoms with E-state index in [1.54, 1.807) is 0 Å². The van der Waals surface area contributed by atoms with Crippen LogP contribution in [0.3, 0.4) is 0 Å². The standard InChI is InChI=1S/C10H20O4/c11-7-5-3-1-2-4-6-10(13)14-9-8-12/h11-12H,1-9H2. The molecule has 0 aliphatic rings. The van der Waals surface area contributed by atoms with Crippen LogP contribution in [0.15, 0.2) is 0 Å². The molecule has 84 valence electrons. The fourth-order valence-corrected chi connectivity index (χ4v) is 1.14. The normalized spacial score (nSPS) is 10.1. The second-order valence-corrected chi connectivity index (χ2v) is 3.19. The van der Waals surface area contributed by atoms with Gasteiger partial charge in [-0.3, -0.25) is 4.79 Å². The molecule has 0 saturated carbocycles. The summed E-state index contributed by atoms with van der Waals surface area (Å²) in [5, 5.41) is 16.9. The van der Waals surface area contributed by atoms with Gasteiger partial charge in [-0.25, -0.2) is 0 Å². The van der Waals surface area contributed by atoms with Crippen LogP contribution in [-0.4, -0.2) is 36.0 Å². The largest absolute Gasteiger partial charge is 0.463 e. The highest BCUT2D eigenvalue weighted by atomic mass is 16.5. The first-order valence-corrected chi connectivity index (χ1v) is 5.18. The number of carbonyl (C=O) groups is 1. The highest BCUT2D eigenvalue weighted by Crippen LogP contribution is 2.05. The van der Waals surface area contributed by atoms with Gasteiger partial charge in [0.05, 0.1) is 6.61 Å². The Balaban J connectivity index is 3.07. The summed E-state index contributed by atoms with van der Waals surface area (Å²) in [6.07, 6.45) is 5.16. The highest BCUT2D eigenvalue weighted by molar-refractivity contribution is 5.69. The van der Waals surface area contributed by atoms with E-state index in [0.717, 1.165) is 32.1 Å². The molecule has 0 aromatic carbocycles. The number of esters is 1. The molecule has 0 amide bonds. The first-order chi connectivity index (χ1) is 6.81. The van der Waals surface area contributed by atoms with Crippen molar-refractivity contribution in [3.63, 3.8) is 0 Å². The smallest absolute Gasteiger partial charge is 0.305 e. The Bertz CT molecular complexity index is 136. The Kier molecular flexibility index (Phi) is 10.0. The third-order valence-corrected chi connectivity index (χ3v) is 1.89. The van der Waals surface area contributed by atoms with Gasteiger partial charge < -0.3 is 14.9 Å². The third-order valence-electron chi connectivity index (χ3n) is 1.89. The number of hydrogen-bond donors (Lipinski definition) is 2. The molecule has 0 rings (SSSR count). The van der Waals surface area contributed by atoms with Crippen LogP contribution in [0.1, 0.15) is 38.5 Å². The van der Waals surface area contributed by atoms with E-state index in [0.29, 0.717) is 6.42 Å². The van der Waals surface area contributed by atoms with Gasteiger partial charge in [-0.05, 0) is 12.8 Å². The van der Waals surface area contributed by atoms with Gasteiger partial charge in [-0.1, -0.05) is 19.3 Å². The van der Waals surface area contributed by atoms with Gasteiger partial charge in [0.25, 0.3) is 0 Å². The van der Waals surface area contributed by atoms with Crippen molar-refractivity contribution in [3.05, 3.63) is 0 Å². The molecule has 0 unspecified atom stereocenters. The van der Waals surface area contributed by atoms with Crippen LogP contribution >= 0.6 is 0 Å². The SMILES string of the molecule is O=C(CCCCCCCO)OCCO. The fraction of sp³-hybridized carbons (Fsp3) is 0.900. The predicted molar refractivity (Wildman–Crippen MR) is 52.8 cm³/mol. The van der Waals surface area contributed by atoms with E-state index in [-0.39, 0.29) is 25.8 Å². The van der Waals surface area contributed by atoms with Crippen molar-refractivity contribution in [1.29, 1.82) is 0 Å². The number of rotatable bonds is 9. The Morgan fingerprint density at radius 2 is 1.57 bits per heavy atom. The van der Waals surface area contributed by atoms with Crippen LogP contribution in [0, 0.1) is 0 Å². The average Bonchev–Trinajstić information content (AvgIpc) is 2.20. The minimum absolute atomic E-state index is 0.101. The molecule has 4 heteroatoms. The Labute approximate surface area is 84.9 Å². The van der Waals surface area contributed by atoms with Gasteiger partial charge in [0.1, 0.15) is 6.61 Å². The fourth-order valence-electron chi connectivity index (χ4n) is 1.14. The first-order valence-electron chi connectivity index (χ1n) is 5.18. The summed E-state index contributed by atoms with van der Waals surface area (Å²) in [7, 11) is 0. The molecule has 0 heterocycles.